The van der Waals surface area contributed by atoms with E-state index in [9.17, 15) is 19.5 Å². The maximum absolute atomic E-state index is 12.8. The summed E-state index contributed by atoms with van der Waals surface area (Å²) < 4.78 is 1.58. The summed E-state index contributed by atoms with van der Waals surface area (Å²) in [6.07, 6.45) is 0.900. The number of halogens is 1. The van der Waals surface area contributed by atoms with Gasteiger partial charge in [0.2, 0.25) is 11.3 Å². The zero-order valence-electron chi connectivity index (χ0n) is 18.9. The summed E-state index contributed by atoms with van der Waals surface area (Å²) in [5.41, 5.74) is 0.600. The third kappa shape index (κ3) is 6.66. The quantitative estimate of drug-likeness (QED) is 0.440. The molecule has 9 heteroatoms. The van der Waals surface area contributed by atoms with Crippen LogP contribution in [0.15, 0.2) is 35.1 Å². The van der Waals surface area contributed by atoms with Crippen molar-refractivity contribution in [3.05, 3.63) is 62.5 Å². The van der Waals surface area contributed by atoms with Crippen LogP contribution in [0, 0.1) is 0 Å². The van der Waals surface area contributed by atoms with Crippen molar-refractivity contribution in [3.8, 4) is 5.75 Å². The van der Waals surface area contributed by atoms with Crippen LogP contribution in [0.3, 0.4) is 0 Å². The molecule has 2 aromatic rings. The van der Waals surface area contributed by atoms with E-state index in [0.717, 1.165) is 5.56 Å². The maximum atomic E-state index is 12.8. The first-order valence-electron chi connectivity index (χ1n) is 10.5. The fourth-order valence-corrected chi connectivity index (χ4v) is 3.49. The maximum Gasteiger partial charge on any atom is 0.237 e. The number of aromatic hydroxyl groups is 1. The lowest BCUT2D eigenvalue weighted by Gasteiger charge is -2.24. The predicted molar refractivity (Wildman–Crippen MR) is 125 cm³/mol. The molecule has 8 nitrogen and oxygen atoms in total. The van der Waals surface area contributed by atoms with E-state index in [1.54, 1.807) is 23.7 Å². The van der Waals surface area contributed by atoms with Crippen LogP contribution in [0.5, 0.6) is 5.75 Å². The van der Waals surface area contributed by atoms with Gasteiger partial charge in [-0.25, -0.2) is 0 Å². The van der Waals surface area contributed by atoms with Crippen LogP contribution in [0.2, 0.25) is 5.02 Å². The standard InChI is InChI=1S/C23H31ClN4O4/c1-15(2)27(4)8-9-28-18(12-21(30)22(31)20(28)14-29)13-26-23(32)19(25-3)11-16-6-5-7-17(24)10-16/h5-7,10,12,14-15,19,25,31H,8-9,11,13H2,1-4H3,(H,26,32). The molecule has 0 aliphatic heterocycles. The van der Waals surface area contributed by atoms with E-state index in [4.69, 9.17) is 11.6 Å². The SMILES string of the molecule is CNC(Cc1cccc(Cl)c1)C(=O)NCc1cc(=O)c(O)c(C=O)n1CCN(C)C(C)C. The highest BCUT2D eigenvalue weighted by Gasteiger charge is 2.19. The number of nitrogens with one attached hydrogen (secondary N) is 2. The molecule has 0 fully saturated rings. The van der Waals surface area contributed by atoms with Crippen molar-refractivity contribution in [1.82, 2.24) is 20.1 Å². The molecular formula is C23H31ClN4O4. The van der Waals surface area contributed by atoms with E-state index in [-0.39, 0.29) is 24.2 Å². The van der Waals surface area contributed by atoms with E-state index in [2.05, 4.69) is 15.5 Å². The van der Waals surface area contributed by atoms with Crippen molar-refractivity contribution >= 4 is 23.8 Å². The number of rotatable bonds is 11. The molecule has 1 aromatic carbocycles. The molecule has 1 heterocycles. The number of aldehydes is 1. The van der Waals surface area contributed by atoms with Gasteiger partial charge in [0.05, 0.1) is 12.6 Å². The van der Waals surface area contributed by atoms with Crippen molar-refractivity contribution < 1.29 is 14.7 Å². The summed E-state index contributed by atoms with van der Waals surface area (Å²) >= 11 is 6.03. The zero-order chi connectivity index (χ0) is 23.8. The van der Waals surface area contributed by atoms with Crippen LogP contribution in [-0.4, -0.2) is 59.5 Å². The fourth-order valence-electron chi connectivity index (χ4n) is 3.28. The Balaban J connectivity index is 2.20. The minimum Gasteiger partial charge on any atom is -0.503 e. The summed E-state index contributed by atoms with van der Waals surface area (Å²) in [5, 5.41) is 16.5. The molecule has 0 spiro atoms. The van der Waals surface area contributed by atoms with E-state index >= 15 is 0 Å². The van der Waals surface area contributed by atoms with Crippen molar-refractivity contribution in [2.24, 2.45) is 0 Å². The normalized spacial score (nSPS) is 12.2. The number of pyridine rings is 1. The second-order valence-electron chi connectivity index (χ2n) is 7.97. The Morgan fingerprint density at radius 2 is 2.03 bits per heavy atom. The smallest absolute Gasteiger partial charge is 0.237 e. The molecule has 0 saturated heterocycles. The first-order valence-corrected chi connectivity index (χ1v) is 10.9. The molecule has 3 N–H and O–H groups in total. The molecule has 1 atom stereocenters. The molecule has 0 aliphatic carbocycles. The fraction of sp³-hybridized carbons (Fsp3) is 0.435. The Morgan fingerprint density at radius 1 is 1.31 bits per heavy atom. The largest absolute Gasteiger partial charge is 0.503 e. The van der Waals surface area contributed by atoms with Crippen LogP contribution in [0.25, 0.3) is 0 Å². The topological polar surface area (TPSA) is 104 Å². The Morgan fingerprint density at radius 3 is 2.62 bits per heavy atom. The summed E-state index contributed by atoms with van der Waals surface area (Å²) in [4.78, 5) is 38.6. The zero-order valence-corrected chi connectivity index (χ0v) is 19.6. The molecule has 32 heavy (non-hydrogen) atoms. The third-order valence-electron chi connectivity index (χ3n) is 5.52. The van der Waals surface area contributed by atoms with Gasteiger partial charge in [-0.15, -0.1) is 0 Å². The van der Waals surface area contributed by atoms with Gasteiger partial charge in [0.15, 0.2) is 12.0 Å². The highest BCUT2D eigenvalue weighted by atomic mass is 35.5. The van der Waals surface area contributed by atoms with Gasteiger partial charge >= 0.3 is 0 Å². The molecule has 174 valence electrons. The van der Waals surface area contributed by atoms with E-state index in [1.165, 1.54) is 6.07 Å². The van der Waals surface area contributed by atoms with Gasteiger partial charge in [0.1, 0.15) is 5.69 Å². The van der Waals surface area contributed by atoms with Crippen molar-refractivity contribution in [2.75, 3.05) is 20.6 Å². The third-order valence-corrected chi connectivity index (χ3v) is 5.75. The van der Waals surface area contributed by atoms with Gasteiger partial charge in [-0.2, -0.15) is 0 Å². The highest BCUT2D eigenvalue weighted by molar-refractivity contribution is 6.30. The van der Waals surface area contributed by atoms with E-state index in [0.29, 0.717) is 36.5 Å². The minimum absolute atomic E-state index is 0.0360. The van der Waals surface area contributed by atoms with Crippen LogP contribution in [0.1, 0.15) is 35.6 Å². The van der Waals surface area contributed by atoms with Crippen LogP contribution >= 0.6 is 11.6 Å². The van der Waals surface area contributed by atoms with Gasteiger partial charge in [-0.05, 0) is 52.1 Å². The first-order chi connectivity index (χ1) is 15.2. The highest BCUT2D eigenvalue weighted by Crippen LogP contribution is 2.14. The molecule has 2 rings (SSSR count). The number of hydrogen-bond donors (Lipinski definition) is 3. The molecule has 1 unspecified atom stereocenters. The predicted octanol–water partition coefficient (Wildman–Crippen LogP) is 1.81. The first kappa shape index (κ1) is 25.6. The van der Waals surface area contributed by atoms with Gasteiger partial charge < -0.3 is 25.2 Å². The molecule has 1 aromatic heterocycles. The summed E-state index contributed by atoms with van der Waals surface area (Å²) in [7, 11) is 3.64. The number of likely N-dealkylation sites (N-methyl/N-ethyl adjacent to an activating group) is 2. The summed E-state index contributed by atoms with van der Waals surface area (Å²) in [6.45, 7) is 5.09. The second kappa shape index (κ2) is 11.8. The van der Waals surface area contributed by atoms with Gasteiger partial charge in [0, 0.05) is 35.9 Å². The number of benzene rings is 1. The summed E-state index contributed by atoms with van der Waals surface area (Å²) in [5.74, 6) is -0.845. The Labute approximate surface area is 193 Å². The van der Waals surface area contributed by atoms with Crippen molar-refractivity contribution in [3.63, 3.8) is 0 Å². The van der Waals surface area contributed by atoms with Gasteiger partial charge in [-0.1, -0.05) is 23.7 Å². The molecule has 0 saturated carbocycles. The van der Waals surface area contributed by atoms with Crippen LogP contribution in [-0.2, 0) is 24.3 Å². The second-order valence-corrected chi connectivity index (χ2v) is 8.41. The Kier molecular flexibility index (Phi) is 9.43. The molecule has 0 bridgehead atoms. The van der Waals surface area contributed by atoms with E-state index in [1.807, 2.05) is 33.0 Å². The average Bonchev–Trinajstić information content (AvgIpc) is 2.76. The lowest BCUT2D eigenvalue weighted by Crippen LogP contribution is -2.44. The van der Waals surface area contributed by atoms with Crippen LogP contribution in [0.4, 0.5) is 0 Å². The molecule has 0 aliphatic rings. The minimum atomic E-state index is -0.658. The molecular weight excluding hydrogens is 432 g/mol. The Hall–Kier alpha value is -2.68. The number of carbonyl (C=O) groups excluding carboxylic acids is 2. The molecule has 1 amide bonds. The van der Waals surface area contributed by atoms with Crippen molar-refractivity contribution in [2.45, 2.75) is 45.4 Å². The van der Waals surface area contributed by atoms with Crippen molar-refractivity contribution in [1.29, 1.82) is 0 Å². The van der Waals surface area contributed by atoms with Crippen LogP contribution < -0.4 is 16.1 Å². The number of hydrogen-bond acceptors (Lipinski definition) is 6. The van der Waals surface area contributed by atoms with Gasteiger partial charge in [-0.3, -0.25) is 14.4 Å². The number of aromatic nitrogens is 1. The number of nitrogens with zero attached hydrogens (tertiary/aromatic N) is 2. The number of carbonyl (C=O) groups is 2. The monoisotopic (exact) mass is 462 g/mol. The average molecular weight is 463 g/mol. The molecule has 0 radical (unpaired) electrons. The summed E-state index contributed by atoms with van der Waals surface area (Å²) in [6, 6.07) is 8.32. The lowest BCUT2D eigenvalue weighted by molar-refractivity contribution is -0.123. The van der Waals surface area contributed by atoms with E-state index < -0.39 is 17.2 Å². The van der Waals surface area contributed by atoms with Gasteiger partial charge in [0.25, 0.3) is 0 Å². The Bertz CT molecular complexity index is 1010. The number of amides is 1. The lowest BCUT2D eigenvalue weighted by atomic mass is 10.1.